The Morgan fingerprint density at radius 3 is 2.62 bits per heavy atom. The summed E-state index contributed by atoms with van der Waals surface area (Å²) < 4.78 is 11.2. The molecule has 0 aliphatic heterocycles. The van der Waals surface area contributed by atoms with Gasteiger partial charge < -0.3 is 9.47 Å². The lowest BCUT2D eigenvalue weighted by Crippen LogP contribution is -2.10. The second-order valence-electron chi connectivity index (χ2n) is 4.76. The zero-order valence-electron chi connectivity index (χ0n) is 12.4. The molecule has 1 unspecified atom stereocenters. The fourth-order valence-corrected chi connectivity index (χ4v) is 2.17. The molecule has 0 amide bonds. The maximum absolute atomic E-state index is 11.7. The van der Waals surface area contributed by atoms with Crippen LogP contribution in [0.1, 0.15) is 51.2 Å². The van der Waals surface area contributed by atoms with Gasteiger partial charge in [0.2, 0.25) is 0 Å². The average Bonchev–Trinajstić information content (AvgIpc) is 2.45. The smallest absolute Gasteiger partial charge is 0.306 e. The molecule has 1 atom stereocenters. The fraction of sp³-hybridized carbons (Fsp3) is 0.500. The standard InChI is InChI=1S/C16H21BrO4/c1-3-10-20-15(18)8-5-9-16(19)21-12(2)13-6-4-7-14(17)11-13/h4,6-7,11-12H,3,5,8-10H2,1-2H3. The molecule has 0 N–H and O–H groups in total. The summed E-state index contributed by atoms with van der Waals surface area (Å²) >= 11 is 3.38. The molecule has 0 spiro atoms. The van der Waals surface area contributed by atoms with Gasteiger partial charge in [-0.3, -0.25) is 9.59 Å². The highest BCUT2D eigenvalue weighted by Crippen LogP contribution is 2.21. The molecule has 0 aliphatic carbocycles. The molecule has 0 bridgehead atoms. The largest absolute Gasteiger partial charge is 0.466 e. The van der Waals surface area contributed by atoms with E-state index in [4.69, 9.17) is 9.47 Å². The molecule has 1 aromatic rings. The van der Waals surface area contributed by atoms with E-state index in [2.05, 4.69) is 15.9 Å². The van der Waals surface area contributed by atoms with Gasteiger partial charge in [0.25, 0.3) is 0 Å². The van der Waals surface area contributed by atoms with E-state index in [1.165, 1.54) is 0 Å². The van der Waals surface area contributed by atoms with E-state index < -0.39 is 0 Å². The predicted octanol–water partition coefficient (Wildman–Crippen LogP) is 4.18. The van der Waals surface area contributed by atoms with Crippen molar-refractivity contribution in [3.8, 4) is 0 Å². The van der Waals surface area contributed by atoms with Crippen LogP contribution < -0.4 is 0 Å². The number of hydrogen-bond acceptors (Lipinski definition) is 4. The van der Waals surface area contributed by atoms with Gasteiger partial charge in [-0.05, 0) is 37.5 Å². The zero-order valence-corrected chi connectivity index (χ0v) is 14.0. The van der Waals surface area contributed by atoms with Crippen molar-refractivity contribution in [2.75, 3.05) is 6.61 Å². The number of carbonyl (C=O) groups is 2. The fourth-order valence-electron chi connectivity index (χ4n) is 1.75. The first-order chi connectivity index (χ1) is 10.0. The summed E-state index contributed by atoms with van der Waals surface area (Å²) in [6.07, 6.45) is 1.42. The van der Waals surface area contributed by atoms with E-state index >= 15 is 0 Å². The van der Waals surface area contributed by atoms with E-state index in [0.29, 0.717) is 13.0 Å². The molecule has 0 saturated carbocycles. The SMILES string of the molecule is CCCOC(=O)CCCC(=O)OC(C)c1cccc(Br)c1. The van der Waals surface area contributed by atoms with Crippen LogP contribution in [0.2, 0.25) is 0 Å². The number of carbonyl (C=O) groups excluding carboxylic acids is 2. The van der Waals surface area contributed by atoms with Crippen LogP contribution in [0.25, 0.3) is 0 Å². The van der Waals surface area contributed by atoms with Crippen LogP contribution in [0, 0.1) is 0 Å². The minimum Gasteiger partial charge on any atom is -0.466 e. The van der Waals surface area contributed by atoms with Gasteiger partial charge in [0.05, 0.1) is 6.61 Å². The van der Waals surface area contributed by atoms with Crippen LogP contribution in [-0.4, -0.2) is 18.5 Å². The van der Waals surface area contributed by atoms with Crippen LogP contribution in [0.4, 0.5) is 0 Å². The maximum Gasteiger partial charge on any atom is 0.306 e. The van der Waals surface area contributed by atoms with Gasteiger partial charge in [-0.25, -0.2) is 0 Å². The monoisotopic (exact) mass is 356 g/mol. The molecule has 0 aromatic heterocycles. The first-order valence-corrected chi connectivity index (χ1v) is 7.92. The molecule has 4 nitrogen and oxygen atoms in total. The first-order valence-electron chi connectivity index (χ1n) is 7.13. The Kier molecular flexibility index (Phi) is 8.05. The quantitative estimate of drug-likeness (QED) is 0.655. The van der Waals surface area contributed by atoms with Gasteiger partial charge in [0, 0.05) is 17.3 Å². The summed E-state index contributed by atoms with van der Waals surface area (Å²) in [5.41, 5.74) is 0.931. The van der Waals surface area contributed by atoms with Crippen molar-refractivity contribution < 1.29 is 19.1 Å². The third kappa shape index (κ3) is 7.27. The Morgan fingerprint density at radius 1 is 1.24 bits per heavy atom. The first kappa shape index (κ1) is 17.7. The van der Waals surface area contributed by atoms with Crippen LogP contribution in [0.5, 0.6) is 0 Å². The molecule has 5 heteroatoms. The molecule has 0 aliphatic rings. The molecular formula is C16H21BrO4. The lowest BCUT2D eigenvalue weighted by Gasteiger charge is -2.13. The third-order valence-corrected chi connectivity index (χ3v) is 3.35. The second-order valence-corrected chi connectivity index (χ2v) is 5.68. The molecule has 0 fully saturated rings. The molecule has 116 valence electrons. The summed E-state index contributed by atoms with van der Waals surface area (Å²) in [7, 11) is 0. The second kappa shape index (κ2) is 9.55. The number of benzene rings is 1. The summed E-state index contributed by atoms with van der Waals surface area (Å²) in [6, 6.07) is 7.64. The third-order valence-electron chi connectivity index (χ3n) is 2.86. The summed E-state index contributed by atoms with van der Waals surface area (Å²) in [5, 5.41) is 0. The van der Waals surface area contributed by atoms with Crippen molar-refractivity contribution in [2.24, 2.45) is 0 Å². The number of esters is 2. The highest BCUT2D eigenvalue weighted by Gasteiger charge is 2.12. The lowest BCUT2D eigenvalue weighted by molar-refractivity contribution is -0.149. The minimum atomic E-state index is -0.304. The highest BCUT2D eigenvalue weighted by atomic mass is 79.9. The van der Waals surface area contributed by atoms with Gasteiger partial charge >= 0.3 is 11.9 Å². The Bertz CT molecular complexity index is 473. The normalized spacial score (nSPS) is 11.8. The zero-order chi connectivity index (χ0) is 15.7. The van der Waals surface area contributed by atoms with Gasteiger partial charge in [0.1, 0.15) is 6.10 Å². The van der Waals surface area contributed by atoms with Crippen molar-refractivity contribution in [2.45, 2.75) is 45.6 Å². The summed E-state index contributed by atoms with van der Waals surface area (Å²) in [6.45, 7) is 4.20. The molecule has 0 radical (unpaired) electrons. The molecular weight excluding hydrogens is 336 g/mol. The number of hydrogen-bond donors (Lipinski definition) is 0. The van der Waals surface area contributed by atoms with Crippen molar-refractivity contribution in [1.82, 2.24) is 0 Å². The van der Waals surface area contributed by atoms with E-state index in [9.17, 15) is 9.59 Å². The van der Waals surface area contributed by atoms with Gasteiger partial charge in [-0.15, -0.1) is 0 Å². The minimum absolute atomic E-state index is 0.222. The molecule has 1 aromatic carbocycles. The van der Waals surface area contributed by atoms with Crippen LogP contribution in [0.3, 0.4) is 0 Å². The van der Waals surface area contributed by atoms with E-state index in [1.54, 1.807) is 0 Å². The van der Waals surface area contributed by atoms with Crippen molar-refractivity contribution in [1.29, 1.82) is 0 Å². The van der Waals surface area contributed by atoms with Crippen molar-refractivity contribution in [3.05, 3.63) is 34.3 Å². The van der Waals surface area contributed by atoms with Crippen molar-refractivity contribution >= 4 is 27.9 Å². The molecule has 21 heavy (non-hydrogen) atoms. The Balaban J connectivity index is 2.29. The van der Waals surface area contributed by atoms with Crippen LogP contribution >= 0.6 is 15.9 Å². The van der Waals surface area contributed by atoms with Crippen LogP contribution in [-0.2, 0) is 19.1 Å². The molecule has 1 rings (SSSR count). The lowest BCUT2D eigenvalue weighted by atomic mass is 10.1. The van der Waals surface area contributed by atoms with Gasteiger partial charge in [0.15, 0.2) is 0 Å². The van der Waals surface area contributed by atoms with Crippen molar-refractivity contribution in [3.63, 3.8) is 0 Å². The summed E-state index contributed by atoms with van der Waals surface area (Å²) in [5.74, 6) is -0.560. The Labute approximate surface area is 133 Å². The van der Waals surface area contributed by atoms with Crippen LogP contribution in [0.15, 0.2) is 28.7 Å². The number of rotatable bonds is 8. The van der Waals surface area contributed by atoms with E-state index in [-0.39, 0.29) is 30.9 Å². The highest BCUT2D eigenvalue weighted by molar-refractivity contribution is 9.10. The average molecular weight is 357 g/mol. The predicted molar refractivity (Wildman–Crippen MR) is 83.8 cm³/mol. The topological polar surface area (TPSA) is 52.6 Å². The van der Waals surface area contributed by atoms with E-state index in [1.807, 2.05) is 38.1 Å². The Morgan fingerprint density at radius 2 is 1.95 bits per heavy atom. The Hall–Kier alpha value is -1.36. The van der Waals surface area contributed by atoms with E-state index in [0.717, 1.165) is 16.5 Å². The molecule has 0 saturated heterocycles. The summed E-state index contributed by atoms with van der Waals surface area (Å²) in [4.78, 5) is 23.0. The maximum atomic E-state index is 11.7. The van der Waals surface area contributed by atoms with Gasteiger partial charge in [-0.1, -0.05) is 35.0 Å². The number of ether oxygens (including phenoxy) is 2. The number of halogens is 1. The van der Waals surface area contributed by atoms with Gasteiger partial charge in [-0.2, -0.15) is 0 Å². The molecule has 0 heterocycles.